The van der Waals surface area contributed by atoms with E-state index in [4.69, 9.17) is 4.42 Å². The van der Waals surface area contributed by atoms with Gasteiger partial charge in [0.05, 0.1) is 10.5 Å². The van der Waals surface area contributed by atoms with E-state index >= 15 is 0 Å². The first-order chi connectivity index (χ1) is 16.4. The number of anilines is 1. The fourth-order valence-corrected chi connectivity index (χ4v) is 4.84. The van der Waals surface area contributed by atoms with Gasteiger partial charge in [-0.2, -0.15) is 18.2 Å². The normalized spacial score (nSPS) is 18.0. The Labute approximate surface area is 198 Å². The van der Waals surface area contributed by atoms with Crippen molar-refractivity contribution in [3.05, 3.63) is 83.0 Å². The third kappa shape index (κ3) is 4.75. The molecule has 2 aliphatic heterocycles. The topological polar surface area (TPSA) is 49.1 Å². The van der Waals surface area contributed by atoms with Crippen LogP contribution in [-0.4, -0.2) is 42.2 Å². The molecule has 0 aliphatic carbocycles. The number of para-hydroxylation sites is 1. The Balaban J connectivity index is 1.25. The summed E-state index contributed by atoms with van der Waals surface area (Å²) in [7, 11) is 0. The lowest BCUT2D eigenvalue weighted by atomic mass is 10.1. The Morgan fingerprint density at radius 2 is 1.65 bits per heavy atom. The average molecular weight is 484 g/mol. The van der Waals surface area contributed by atoms with Gasteiger partial charge in [-0.1, -0.05) is 30.3 Å². The summed E-state index contributed by atoms with van der Waals surface area (Å²) in [6.07, 6.45) is -2.85. The number of nitrogens with zero attached hydrogens (tertiary/aromatic N) is 3. The largest absolute Gasteiger partial charge is 0.457 e. The van der Waals surface area contributed by atoms with E-state index in [-0.39, 0.29) is 5.91 Å². The van der Waals surface area contributed by atoms with Crippen LogP contribution >= 0.6 is 11.8 Å². The smallest absolute Gasteiger partial charge is 0.416 e. The highest BCUT2D eigenvalue weighted by atomic mass is 32.2. The number of aliphatic imine (C=N–C) groups is 1. The first kappa shape index (κ1) is 22.3. The molecule has 0 unspecified atom stereocenters. The predicted molar refractivity (Wildman–Crippen MR) is 127 cm³/mol. The molecule has 34 heavy (non-hydrogen) atoms. The van der Waals surface area contributed by atoms with Crippen LogP contribution in [0.25, 0.3) is 17.4 Å². The van der Waals surface area contributed by atoms with Crippen molar-refractivity contribution in [3.8, 4) is 11.3 Å². The van der Waals surface area contributed by atoms with Gasteiger partial charge in [0, 0.05) is 43.5 Å². The molecule has 0 saturated carbocycles. The number of carbonyl (C=O) groups is 1. The quantitative estimate of drug-likeness (QED) is 0.444. The summed E-state index contributed by atoms with van der Waals surface area (Å²) in [5, 5.41) is 0.661. The fourth-order valence-electron chi connectivity index (χ4n) is 3.89. The zero-order valence-corrected chi connectivity index (χ0v) is 18.8. The van der Waals surface area contributed by atoms with Gasteiger partial charge in [0.1, 0.15) is 11.5 Å². The highest BCUT2D eigenvalue weighted by molar-refractivity contribution is 8.18. The number of hydrogen-bond acceptors (Lipinski definition) is 5. The Morgan fingerprint density at radius 1 is 0.912 bits per heavy atom. The van der Waals surface area contributed by atoms with E-state index in [9.17, 15) is 18.0 Å². The van der Waals surface area contributed by atoms with Crippen LogP contribution in [0.2, 0.25) is 0 Å². The van der Waals surface area contributed by atoms with Crippen LogP contribution in [-0.2, 0) is 11.0 Å². The van der Waals surface area contributed by atoms with Crippen molar-refractivity contribution in [1.29, 1.82) is 0 Å². The molecule has 2 aromatic carbocycles. The summed E-state index contributed by atoms with van der Waals surface area (Å²) in [4.78, 5) is 21.5. The maximum absolute atomic E-state index is 13.0. The molecule has 0 bridgehead atoms. The van der Waals surface area contributed by atoms with Crippen LogP contribution in [0.5, 0.6) is 0 Å². The lowest BCUT2D eigenvalue weighted by Gasteiger charge is -2.36. The van der Waals surface area contributed by atoms with Gasteiger partial charge in [0.2, 0.25) is 0 Å². The molecule has 5 nitrogen and oxygen atoms in total. The summed E-state index contributed by atoms with van der Waals surface area (Å²) in [5.74, 6) is 0.336. The van der Waals surface area contributed by atoms with Crippen LogP contribution < -0.4 is 4.90 Å². The second-order valence-electron chi connectivity index (χ2n) is 7.90. The molecular weight excluding hydrogens is 463 g/mol. The number of halogens is 3. The van der Waals surface area contributed by atoms with Crippen molar-refractivity contribution < 1.29 is 22.4 Å². The Morgan fingerprint density at radius 3 is 2.38 bits per heavy atom. The molecule has 174 valence electrons. The molecule has 2 aliphatic rings. The SMILES string of the molecule is O=C1N=C(N2CCN(c3ccccc3)CC2)S/C1=C/c1ccc(-c2cccc(C(F)(F)F)c2)o1. The van der Waals surface area contributed by atoms with E-state index in [1.165, 1.54) is 23.5 Å². The molecule has 9 heteroatoms. The van der Waals surface area contributed by atoms with Crippen LogP contribution in [0.4, 0.5) is 18.9 Å². The summed E-state index contributed by atoms with van der Waals surface area (Å²) in [6, 6.07) is 18.4. The number of hydrogen-bond donors (Lipinski definition) is 0. The Hall–Kier alpha value is -3.46. The van der Waals surface area contributed by atoms with Gasteiger partial charge in [0.25, 0.3) is 5.91 Å². The van der Waals surface area contributed by atoms with E-state index in [2.05, 4.69) is 26.9 Å². The molecule has 3 heterocycles. The standard InChI is InChI=1S/C25H20F3N3O2S/c26-25(27,28)18-6-4-5-17(15-18)21-10-9-20(33-21)16-22-23(32)29-24(34-22)31-13-11-30(12-14-31)19-7-2-1-3-8-19/h1-10,15-16H,11-14H2/b22-16+. The molecule has 1 fully saturated rings. The number of alkyl halides is 3. The predicted octanol–water partition coefficient (Wildman–Crippen LogP) is 5.76. The van der Waals surface area contributed by atoms with Gasteiger partial charge < -0.3 is 14.2 Å². The number of thioether (sulfide) groups is 1. The van der Waals surface area contributed by atoms with Crippen LogP contribution in [0.1, 0.15) is 11.3 Å². The van der Waals surface area contributed by atoms with Crippen molar-refractivity contribution in [3.63, 3.8) is 0 Å². The molecule has 0 radical (unpaired) electrons. The van der Waals surface area contributed by atoms with Crippen molar-refractivity contribution in [2.75, 3.05) is 31.1 Å². The molecule has 3 aromatic rings. The monoisotopic (exact) mass is 483 g/mol. The number of amides is 1. The van der Waals surface area contributed by atoms with Gasteiger partial charge in [0.15, 0.2) is 5.17 Å². The zero-order chi connectivity index (χ0) is 23.7. The number of piperazine rings is 1. The van der Waals surface area contributed by atoms with E-state index in [1.807, 2.05) is 18.2 Å². The van der Waals surface area contributed by atoms with Gasteiger partial charge in [-0.15, -0.1) is 0 Å². The number of furan rings is 1. The third-order valence-corrected chi connectivity index (χ3v) is 6.70. The van der Waals surface area contributed by atoms with Crippen LogP contribution in [0.3, 0.4) is 0 Å². The third-order valence-electron chi connectivity index (χ3n) is 5.66. The van der Waals surface area contributed by atoms with Gasteiger partial charge >= 0.3 is 6.18 Å². The highest BCUT2D eigenvalue weighted by Gasteiger charge is 2.31. The van der Waals surface area contributed by atoms with Gasteiger partial charge in [-0.25, -0.2) is 0 Å². The lowest BCUT2D eigenvalue weighted by molar-refractivity contribution is -0.137. The minimum atomic E-state index is -4.43. The number of amidine groups is 1. The summed E-state index contributed by atoms with van der Waals surface area (Å²) < 4.78 is 44.7. The van der Waals surface area contributed by atoms with Gasteiger partial charge in [-0.05, 0) is 48.2 Å². The molecule has 1 saturated heterocycles. The second kappa shape index (κ2) is 9.06. The molecule has 1 aromatic heterocycles. The van der Waals surface area contributed by atoms with E-state index in [0.29, 0.717) is 27.2 Å². The first-order valence-electron chi connectivity index (χ1n) is 10.7. The molecule has 0 spiro atoms. The van der Waals surface area contributed by atoms with E-state index in [1.54, 1.807) is 24.3 Å². The number of carbonyl (C=O) groups excluding carboxylic acids is 1. The lowest BCUT2D eigenvalue weighted by Crippen LogP contribution is -2.47. The molecular formula is C25H20F3N3O2S. The molecule has 1 amide bonds. The highest BCUT2D eigenvalue weighted by Crippen LogP contribution is 2.34. The molecule has 5 rings (SSSR count). The van der Waals surface area contributed by atoms with Gasteiger partial charge in [-0.3, -0.25) is 4.79 Å². The minimum absolute atomic E-state index is 0.298. The summed E-state index contributed by atoms with van der Waals surface area (Å²) in [5.41, 5.74) is 0.751. The van der Waals surface area contributed by atoms with E-state index < -0.39 is 11.7 Å². The van der Waals surface area contributed by atoms with Crippen molar-refractivity contribution >= 4 is 34.6 Å². The molecule has 0 atom stereocenters. The van der Waals surface area contributed by atoms with Crippen LogP contribution in [0, 0.1) is 0 Å². The van der Waals surface area contributed by atoms with Crippen molar-refractivity contribution in [1.82, 2.24) is 4.90 Å². The molecule has 0 N–H and O–H groups in total. The maximum atomic E-state index is 13.0. The minimum Gasteiger partial charge on any atom is -0.457 e. The number of benzene rings is 2. The Bertz CT molecular complexity index is 1260. The fraction of sp³-hybridized carbons (Fsp3) is 0.200. The maximum Gasteiger partial charge on any atom is 0.416 e. The Kier molecular flexibility index (Phi) is 5.95. The van der Waals surface area contributed by atoms with Crippen molar-refractivity contribution in [2.24, 2.45) is 4.99 Å². The first-order valence-corrected chi connectivity index (χ1v) is 11.5. The van der Waals surface area contributed by atoms with E-state index in [0.717, 1.165) is 38.3 Å². The van der Waals surface area contributed by atoms with Crippen LogP contribution in [0.15, 0.2) is 81.0 Å². The average Bonchev–Trinajstić information content (AvgIpc) is 3.46. The second-order valence-corrected chi connectivity index (χ2v) is 8.91. The summed E-state index contributed by atoms with van der Waals surface area (Å²) in [6.45, 7) is 3.16. The summed E-state index contributed by atoms with van der Waals surface area (Å²) >= 11 is 1.29. The number of rotatable bonds is 3. The zero-order valence-electron chi connectivity index (χ0n) is 18.0. The van der Waals surface area contributed by atoms with Crippen molar-refractivity contribution in [2.45, 2.75) is 6.18 Å².